The molecule has 0 amide bonds. The molecule has 9 heavy (non-hydrogen) atoms. The number of hydrogen-bond donors (Lipinski definition) is 2. The number of nitrogens with two attached hydrogens (primary N) is 1. The summed E-state index contributed by atoms with van der Waals surface area (Å²) in [7, 11) is 0. The van der Waals surface area contributed by atoms with Crippen molar-refractivity contribution in [3.05, 3.63) is 0 Å². The van der Waals surface area contributed by atoms with Crippen LogP contribution < -0.4 is 11.1 Å². The fraction of sp³-hybridized carbons (Fsp3) is 1.00. The minimum atomic E-state index is -0.840. The molecular formula is C6H13FN2. The van der Waals surface area contributed by atoms with E-state index in [0.717, 1.165) is 19.4 Å². The first-order valence-corrected chi connectivity index (χ1v) is 3.42. The Morgan fingerprint density at radius 3 is 3.00 bits per heavy atom. The monoisotopic (exact) mass is 132 g/mol. The summed E-state index contributed by atoms with van der Waals surface area (Å²) < 4.78 is 12.6. The van der Waals surface area contributed by atoms with Crippen molar-refractivity contribution in [1.29, 1.82) is 0 Å². The molecule has 1 saturated heterocycles. The first-order valence-electron chi connectivity index (χ1n) is 3.42. The van der Waals surface area contributed by atoms with Crippen LogP contribution in [0.1, 0.15) is 12.8 Å². The number of halogens is 1. The number of hydrogen-bond acceptors (Lipinski definition) is 2. The number of rotatable bonds is 2. The zero-order chi connectivity index (χ0) is 6.69. The molecule has 0 aromatic rings. The summed E-state index contributed by atoms with van der Waals surface area (Å²) in [5, 5.41) is 3.05. The van der Waals surface area contributed by atoms with Gasteiger partial charge >= 0.3 is 0 Å². The lowest BCUT2D eigenvalue weighted by Crippen LogP contribution is -2.36. The van der Waals surface area contributed by atoms with E-state index in [4.69, 9.17) is 5.73 Å². The van der Waals surface area contributed by atoms with Gasteiger partial charge in [-0.3, -0.25) is 0 Å². The molecule has 1 heterocycles. The molecule has 1 aliphatic rings. The van der Waals surface area contributed by atoms with Crippen molar-refractivity contribution in [2.24, 2.45) is 5.73 Å². The molecule has 0 aromatic heterocycles. The molecule has 2 unspecified atom stereocenters. The highest BCUT2D eigenvalue weighted by Crippen LogP contribution is 2.10. The van der Waals surface area contributed by atoms with Crippen molar-refractivity contribution in [2.75, 3.05) is 13.1 Å². The standard InChI is InChI=1S/C6H13FN2/c7-5(4-8)6-2-1-3-9-6/h5-6,9H,1-4,8H2. The molecule has 3 N–H and O–H groups in total. The van der Waals surface area contributed by atoms with Gasteiger partial charge in [0, 0.05) is 12.6 Å². The van der Waals surface area contributed by atoms with Crippen LogP contribution in [-0.2, 0) is 0 Å². The van der Waals surface area contributed by atoms with Crippen LogP contribution >= 0.6 is 0 Å². The molecule has 1 aliphatic heterocycles. The van der Waals surface area contributed by atoms with Crippen molar-refractivity contribution in [3.8, 4) is 0 Å². The normalized spacial score (nSPS) is 30.7. The van der Waals surface area contributed by atoms with Crippen LogP contribution in [0.3, 0.4) is 0 Å². The summed E-state index contributed by atoms with van der Waals surface area (Å²) in [5.41, 5.74) is 5.14. The predicted octanol–water partition coefficient (Wildman–Crippen LogP) is 0.0352. The van der Waals surface area contributed by atoms with E-state index in [1.807, 2.05) is 0 Å². The van der Waals surface area contributed by atoms with E-state index in [9.17, 15) is 4.39 Å². The Morgan fingerprint density at radius 2 is 2.56 bits per heavy atom. The van der Waals surface area contributed by atoms with Crippen LogP contribution in [0.25, 0.3) is 0 Å². The Bertz CT molecular complexity index is 81.1. The molecular weight excluding hydrogens is 119 g/mol. The average Bonchev–Trinajstić information content (AvgIpc) is 2.37. The van der Waals surface area contributed by atoms with Crippen LogP contribution in [0.2, 0.25) is 0 Å². The van der Waals surface area contributed by atoms with E-state index in [1.165, 1.54) is 0 Å². The highest BCUT2D eigenvalue weighted by atomic mass is 19.1. The van der Waals surface area contributed by atoms with Crippen molar-refractivity contribution in [3.63, 3.8) is 0 Å². The Kier molecular flexibility index (Phi) is 2.42. The summed E-state index contributed by atoms with van der Waals surface area (Å²) in [6.07, 6.45) is 1.19. The van der Waals surface area contributed by atoms with Gasteiger partial charge in [-0.2, -0.15) is 0 Å². The van der Waals surface area contributed by atoms with Gasteiger partial charge in [0.15, 0.2) is 0 Å². The summed E-state index contributed by atoms with van der Waals surface area (Å²) in [6, 6.07) is 0.0370. The van der Waals surface area contributed by atoms with E-state index in [0.29, 0.717) is 0 Å². The van der Waals surface area contributed by atoms with Gasteiger partial charge in [-0.1, -0.05) is 0 Å². The summed E-state index contributed by atoms with van der Waals surface area (Å²) >= 11 is 0. The molecule has 2 nitrogen and oxygen atoms in total. The maximum absolute atomic E-state index is 12.6. The van der Waals surface area contributed by atoms with E-state index in [2.05, 4.69) is 5.32 Å². The fourth-order valence-electron chi connectivity index (χ4n) is 1.18. The Balaban J connectivity index is 2.24. The summed E-state index contributed by atoms with van der Waals surface area (Å²) in [4.78, 5) is 0. The molecule has 3 heteroatoms. The zero-order valence-corrected chi connectivity index (χ0v) is 5.44. The van der Waals surface area contributed by atoms with Crippen LogP contribution in [0.15, 0.2) is 0 Å². The van der Waals surface area contributed by atoms with Gasteiger partial charge in [0.1, 0.15) is 6.17 Å². The molecule has 1 fully saturated rings. The van der Waals surface area contributed by atoms with Crippen LogP contribution in [0.4, 0.5) is 4.39 Å². The van der Waals surface area contributed by atoms with Crippen LogP contribution in [0.5, 0.6) is 0 Å². The second kappa shape index (κ2) is 3.13. The predicted molar refractivity (Wildman–Crippen MR) is 35.0 cm³/mol. The smallest absolute Gasteiger partial charge is 0.127 e. The van der Waals surface area contributed by atoms with Gasteiger partial charge in [0.25, 0.3) is 0 Å². The Labute approximate surface area is 54.6 Å². The average molecular weight is 132 g/mol. The third kappa shape index (κ3) is 1.63. The maximum Gasteiger partial charge on any atom is 0.127 e. The Hall–Kier alpha value is -0.150. The van der Waals surface area contributed by atoms with Gasteiger partial charge in [0.2, 0.25) is 0 Å². The summed E-state index contributed by atoms with van der Waals surface area (Å²) in [5.74, 6) is 0. The molecule has 0 aliphatic carbocycles. The van der Waals surface area contributed by atoms with Crippen molar-refractivity contribution in [2.45, 2.75) is 25.1 Å². The second-order valence-electron chi connectivity index (χ2n) is 2.45. The second-order valence-corrected chi connectivity index (χ2v) is 2.45. The topological polar surface area (TPSA) is 38.0 Å². The first kappa shape index (κ1) is 6.96. The Morgan fingerprint density at radius 1 is 1.78 bits per heavy atom. The van der Waals surface area contributed by atoms with Gasteiger partial charge in [-0.05, 0) is 19.4 Å². The first-order chi connectivity index (χ1) is 4.34. The van der Waals surface area contributed by atoms with E-state index in [1.54, 1.807) is 0 Å². The van der Waals surface area contributed by atoms with Gasteiger partial charge < -0.3 is 11.1 Å². The lowest BCUT2D eigenvalue weighted by Gasteiger charge is -2.12. The van der Waals surface area contributed by atoms with Gasteiger partial charge in [-0.15, -0.1) is 0 Å². The maximum atomic E-state index is 12.6. The quantitative estimate of drug-likeness (QED) is 0.556. The van der Waals surface area contributed by atoms with E-state index < -0.39 is 6.17 Å². The lowest BCUT2D eigenvalue weighted by atomic mass is 10.1. The molecule has 0 saturated carbocycles. The van der Waals surface area contributed by atoms with Crippen molar-refractivity contribution >= 4 is 0 Å². The minimum absolute atomic E-state index is 0.0370. The largest absolute Gasteiger partial charge is 0.328 e. The molecule has 2 atom stereocenters. The minimum Gasteiger partial charge on any atom is -0.328 e. The van der Waals surface area contributed by atoms with Crippen LogP contribution in [-0.4, -0.2) is 25.3 Å². The SMILES string of the molecule is NCC(F)C1CCCN1. The van der Waals surface area contributed by atoms with Crippen LogP contribution in [0, 0.1) is 0 Å². The third-order valence-electron chi connectivity index (χ3n) is 1.76. The summed E-state index contributed by atoms with van der Waals surface area (Å²) in [6.45, 7) is 1.10. The molecule has 0 aromatic carbocycles. The van der Waals surface area contributed by atoms with Gasteiger partial charge in [-0.25, -0.2) is 4.39 Å². The number of alkyl halides is 1. The highest BCUT2D eigenvalue weighted by Gasteiger charge is 2.22. The number of nitrogens with one attached hydrogen (secondary N) is 1. The lowest BCUT2D eigenvalue weighted by molar-refractivity contribution is 0.273. The molecule has 1 rings (SSSR count). The highest BCUT2D eigenvalue weighted by molar-refractivity contribution is 4.81. The molecule has 0 radical (unpaired) electrons. The molecule has 54 valence electrons. The molecule has 0 spiro atoms. The third-order valence-corrected chi connectivity index (χ3v) is 1.76. The van der Waals surface area contributed by atoms with E-state index >= 15 is 0 Å². The fourth-order valence-corrected chi connectivity index (χ4v) is 1.18. The van der Waals surface area contributed by atoms with Gasteiger partial charge in [0.05, 0.1) is 0 Å². The zero-order valence-electron chi connectivity index (χ0n) is 5.44. The molecule has 0 bridgehead atoms. The van der Waals surface area contributed by atoms with E-state index in [-0.39, 0.29) is 12.6 Å². The van der Waals surface area contributed by atoms with Crippen molar-refractivity contribution in [1.82, 2.24) is 5.32 Å². The van der Waals surface area contributed by atoms with Crippen molar-refractivity contribution < 1.29 is 4.39 Å².